The normalized spacial score (nSPS) is 11.6. The molecule has 1 N–H and O–H groups in total. The Hall–Kier alpha value is -0.940. The lowest BCUT2D eigenvalue weighted by Gasteiger charge is -2.14. The van der Waals surface area contributed by atoms with E-state index in [1.807, 2.05) is 26.8 Å². The summed E-state index contributed by atoms with van der Waals surface area (Å²) in [6.07, 6.45) is 0.524. The fraction of sp³-hybridized carbons (Fsp3) is 0.538. The molecule has 0 aromatic heterocycles. The molecule has 1 rings (SSSR count). The van der Waals surface area contributed by atoms with Crippen molar-refractivity contribution in [1.82, 2.24) is 0 Å². The molecule has 4 nitrogen and oxygen atoms in total. The Bertz CT molecular complexity index is 515. The predicted molar refractivity (Wildman–Crippen MR) is 79.7 cm³/mol. The second-order valence-corrected chi connectivity index (χ2v) is 6.83. The maximum atomic E-state index is 11.8. The van der Waals surface area contributed by atoms with E-state index >= 15 is 0 Å². The molecule has 0 radical (unpaired) electrons. The van der Waals surface area contributed by atoms with Gasteiger partial charge in [-0.05, 0) is 51.0 Å². The Morgan fingerprint density at radius 2 is 2.05 bits per heavy atom. The van der Waals surface area contributed by atoms with Crippen molar-refractivity contribution in [1.29, 1.82) is 0 Å². The average molecular weight is 306 g/mol. The number of hydrogen-bond donors (Lipinski definition) is 1. The molecule has 0 saturated heterocycles. The van der Waals surface area contributed by atoms with Crippen molar-refractivity contribution in [3.05, 3.63) is 23.8 Å². The first-order valence-corrected chi connectivity index (χ1v) is 8.36. The SMILES string of the molecule is Cc1cc(OC(C)C)ccc1NS(=O)(=O)CCCCl. The number of anilines is 1. The minimum Gasteiger partial charge on any atom is -0.491 e. The molecule has 0 fully saturated rings. The van der Waals surface area contributed by atoms with Gasteiger partial charge in [0.2, 0.25) is 10.0 Å². The molecular formula is C13H20ClNO3S. The summed E-state index contributed by atoms with van der Waals surface area (Å²) in [6.45, 7) is 5.73. The summed E-state index contributed by atoms with van der Waals surface area (Å²) < 4.78 is 31.7. The standard InChI is InChI=1S/C13H20ClNO3S/c1-10(2)18-12-5-6-13(11(3)9-12)15-19(16,17)8-4-7-14/h5-6,9-10,15H,4,7-8H2,1-3H3. The smallest absolute Gasteiger partial charge is 0.232 e. The Morgan fingerprint density at radius 3 is 2.58 bits per heavy atom. The topological polar surface area (TPSA) is 55.4 Å². The van der Waals surface area contributed by atoms with Crippen LogP contribution in [0.4, 0.5) is 5.69 Å². The second-order valence-electron chi connectivity index (χ2n) is 4.61. The van der Waals surface area contributed by atoms with E-state index in [-0.39, 0.29) is 11.9 Å². The molecule has 1 aromatic carbocycles. The van der Waals surface area contributed by atoms with E-state index in [9.17, 15) is 8.42 Å². The molecule has 0 aliphatic rings. The first-order valence-electron chi connectivity index (χ1n) is 6.18. The Morgan fingerprint density at radius 1 is 1.37 bits per heavy atom. The van der Waals surface area contributed by atoms with E-state index < -0.39 is 10.0 Å². The summed E-state index contributed by atoms with van der Waals surface area (Å²) in [7, 11) is -3.33. The van der Waals surface area contributed by atoms with Gasteiger partial charge in [-0.3, -0.25) is 4.72 Å². The number of rotatable bonds is 7. The Labute approximate surface area is 120 Å². The molecular weight excluding hydrogens is 286 g/mol. The van der Waals surface area contributed by atoms with Gasteiger partial charge in [-0.15, -0.1) is 11.6 Å². The molecule has 6 heteroatoms. The number of ether oxygens (including phenoxy) is 1. The zero-order valence-corrected chi connectivity index (χ0v) is 13.0. The molecule has 0 saturated carbocycles. The lowest BCUT2D eigenvalue weighted by atomic mass is 10.2. The molecule has 1 aromatic rings. The van der Waals surface area contributed by atoms with Gasteiger partial charge in [0, 0.05) is 5.88 Å². The van der Waals surface area contributed by atoms with Crippen LogP contribution in [0.1, 0.15) is 25.8 Å². The molecule has 0 bridgehead atoms. The van der Waals surface area contributed by atoms with Crippen LogP contribution in [0.2, 0.25) is 0 Å². The van der Waals surface area contributed by atoms with Crippen molar-refractivity contribution in [2.45, 2.75) is 33.3 Å². The third-order valence-corrected chi connectivity index (χ3v) is 4.01. The number of halogens is 1. The van der Waals surface area contributed by atoms with Crippen molar-refractivity contribution >= 4 is 27.3 Å². The average Bonchev–Trinajstić information content (AvgIpc) is 2.29. The second kappa shape index (κ2) is 7.01. The number of alkyl halides is 1. The number of aryl methyl sites for hydroxylation is 1. The highest BCUT2D eigenvalue weighted by molar-refractivity contribution is 7.92. The molecule has 0 heterocycles. The first kappa shape index (κ1) is 16.1. The first-order chi connectivity index (χ1) is 8.84. The number of nitrogens with one attached hydrogen (secondary N) is 1. The summed E-state index contributed by atoms with van der Waals surface area (Å²) in [6, 6.07) is 5.29. The zero-order chi connectivity index (χ0) is 14.5. The van der Waals surface area contributed by atoms with Crippen LogP contribution in [0, 0.1) is 6.92 Å². The van der Waals surface area contributed by atoms with Crippen LogP contribution in [0.3, 0.4) is 0 Å². The van der Waals surface area contributed by atoms with E-state index in [2.05, 4.69) is 4.72 Å². The van der Waals surface area contributed by atoms with Crippen molar-refractivity contribution in [2.24, 2.45) is 0 Å². The summed E-state index contributed by atoms with van der Waals surface area (Å²) in [5.74, 6) is 1.09. The van der Waals surface area contributed by atoms with Crippen LogP contribution in [0.5, 0.6) is 5.75 Å². The van der Waals surface area contributed by atoms with Crippen LogP contribution >= 0.6 is 11.6 Å². The van der Waals surface area contributed by atoms with Gasteiger partial charge >= 0.3 is 0 Å². The van der Waals surface area contributed by atoms with Crippen LogP contribution in [-0.2, 0) is 10.0 Å². The third-order valence-electron chi connectivity index (χ3n) is 2.38. The molecule has 0 unspecified atom stereocenters. The van der Waals surface area contributed by atoms with Gasteiger partial charge < -0.3 is 4.74 Å². The van der Waals surface area contributed by atoms with E-state index in [0.29, 0.717) is 18.0 Å². The highest BCUT2D eigenvalue weighted by Crippen LogP contribution is 2.23. The van der Waals surface area contributed by atoms with Crippen LogP contribution in [0.25, 0.3) is 0 Å². The summed E-state index contributed by atoms with van der Waals surface area (Å²) in [5, 5.41) is 0. The van der Waals surface area contributed by atoms with Gasteiger partial charge in [0.15, 0.2) is 0 Å². The monoisotopic (exact) mass is 305 g/mol. The van der Waals surface area contributed by atoms with Crippen LogP contribution < -0.4 is 9.46 Å². The minimum atomic E-state index is -3.33. The van der Waals surface area contributed by atoms with Gasteiger partial charge in [-0.2, -0.15) is 0 Å². The quantitative estimate of drug-likeness (QED) is 0.787. The van der Waals surface area contributed by atoms with Crippen molar-refractivity contribution in [2.75, 3.05) is 16.4 Å². The van der Waals surface area contributed by atoms with Crippen molar-refractivity contribution < 1.29 is 13.2 Å². The zero-order valence-electron chi connectivity index (χ0n) is 11.4. The van der Waals surface area contributed by atoms with Gasteiger partial charge in [0.25, 0.3) is 0 Å². The molecule has 0 amide bonds. The summed E-state index contributed by atoms with van der Waals surface area (Å²) in [4.78, 5) is 0. The van der Waals surface area contributed by atoms with Crippen LogP contribution in [-0.4, -0.2) is 26.2 Å². The maximum Gasteiger partial charge on any atom is 0.232 e. The van der Waals surface area contributed by atoms with E-state index in [1.165, 1.54) is 0 Å². The van der Waals surface area contributed by atoms with E-state index in [4.69, 9.17) is 16.3 Å². The lowest BCUT2D eigenvalue weighted by Crippen LogP contribution is -2.17. The Balaban J connectivity index is 2.80. The molecule has 0 atom stereocenters. The molecule has 19 heavy (non-hydrogen) atoms. The summed E-state index contributed by atoms with van der Waals surface area (Å²) >= 11 is 5.50. The highest BCUT2D eigenvalue weighted by Gasteiger charge is 2.12. The number of sulfonamides is 1. The van der Waals surface area contributed by atoms with Crippen LogP contribution in [0.15, 0.2) is 18.2 Å². The number of hydrogen-bond acceptors (Lipinski definition) is 3. The molecule has 0 spiro atoms. The third kappa shape index (κ3) is 5.70. The van der Waals surface area contributed by atoms with Gasteiger partial charge in [0.05, 0.1) is 17.5 Å². The largest absolute Gasteiger partial charge is 0.491 e. The molecule has 0 aliphatic heterocycles. The number of benzene rings is 1. The van der Waals surface area contributed by atoms with E-state index in [0.717, 1.165) is 11.3 Å². The highest BCUT2D eigenvalue weighted by atomic mass is 35.5. The van der Waals surface area contributed by atoms with Gasteiger partial charge in [-0.1, -0.05) is 0 Å². The van der Waals surface area contributed by atoms with Crippen molar-refractivity contribution in [3.63, 3.8) is 0 Å². The van der Waals surface area contributed by atoms with Gasteiger partial charge in [-0.25, -0.2) is 8.42 Å². The van der Waals surface area contributed by atoms with Gasteiger partial charge in [0.1, 0.15) is 5.75 Å². The summed E-state index contributed by atoms with van der Waals surface area (Å²) in [5.41, 5.74) is 1.40. The minimum absolute atomic E-state index is 0.0280. The Kier molecular flexibility index (Phi) is 5.94. The fourth-order valence-electron chi connectivity index (χ4n) is 1.56. The van der Waals surface area contributed by atoms with Crippen molar-refractivity contribution in [3.8, 4) is 5.75 Å². The lowest BCUT2D eigenvalue weighted by molar-refractivity contribution is 0.242. The fourth-order valence-corrected chi connectivity index (χ4v) is 3.04. The molecule has 0 aliphatic carbocycles. The molecule has 108 valence electrons. The predicted octanol–water partition coefficient (Wildman–Crippen LogP) is 3.15. The maximum absolute atomic E-state index is 11.8. The van der Waals surface area contributed by atoms with E-state index in [1.54, 1.807) is 12.1 Å².